The first kappa shape index (κ1) is 25.3. The summed E-state index contributed by atoms with van der Waals surface area (Å²) in [5, 5.41) is 11.2. The Bertz CT molecular complexity index is 752. The molecule has 170 valence electrons. The van der Waals surface area contributed by atoms with Gasteiger partial charge >= 0.3 is 0 Å². The Kier molecular flexibility index (Phi) is 11.6. The minimum absolute atomic E-state index is 0.137. The summed E-state index contributed by atoms with van der Waals surface area (Å²) < 4.78 is 0. The maximum atomic E-state index is 13.4. The van der Waals surface area contributed by atoms with Crippen molar-refractivity contribution < 1.29 is 9.90 Å². The Morgan fingerprint density at radius 2 is 1.23 bits per heavy atom. The molecule has 0 radical (unpaired) electrons. The lowest BCUT2D eigenvalue weighted by molar-refractivity contribution is 0.0238. The largest absolute Gasteiger partial charge is 0.382 e. The Morgan fingerprint density at radius 1 is 0.710 bits per heavy atom. The van der Waals surface area contributed by atoms with Crippen LogP contribution in [-0.2, 0) is 0 Å². The van der Waals surface area contributed by atoms with Crippen molar-refractivity contribution in [1.82, 2.24) is 0 Å². The van der Waals surface area contributed by atoms with Gasteiger partial charge in [-0.25, -0.2) is 0 Å². The molecule has 0 saturated heterocycles. The number of Topliss-reactive ketones (excluding diaryl/α,β-unsaturated/α-hetero) is 1. The molecule has 0 fully saturated rings. The summed E-state index contributed by atoms with van der Waals surface area (Å²) in [5.74, 6) is -0.137. The van der Waals surface area contributed by atoms with E-state index in [0.29, 0.717) is 18.4 Å². The molecule has 2 heteroatoms. The van der Waals surface area contributed by atoms with Crippen LogP contribution in [0.3, 0.4) is 0 Å². The first-order valence-electron chi connectivity index (χ1n) is 12.5. The normalized spacial score (nSPS) is 13.1. The van der Waals surface area contributed by atoms with Crippen molar-refractivity contribution in [2.24, 2.45) is 0 Å². The van der Waals surface area contributed by atoms with E-state index in [-0.39, 0.29) is 5.78 Å². The highest BCUT2D eigenvalue weighted by Gasteiger charge is 2.35. The van der Waals surface area contributed by atoms with Crippen molar-refractivity contribution >= 4 is 5.78 Å². The average molecular weight is 423 g/mol. The van der Waals surface area contributed by atoms with E-state index < -0.39 is 5.60 Å². The molecule has 0 saturated carbocycles. The van der Waals surface area contributed by atoms with Crippen LogP contribution in [-0.4, -0.2) is 16.5 Å². The smallest absolute Gasteiger partial charge is 0.194 e. The number of carbonyl (C=O) groups is 1. The molecule has 0 aliphatic rings. The summed E-state index contributed by atoms with van der Waals surface area (Å²) in [6.45, 7) is 4.18. The van der Waals surface area contributed by atoms with Crippen LogP contribution in [0.4, 0.5) is 0 Å². The van der Waals surface area contributed by atoms with Crippen LogP contribution in [0.5, 0.6) is 0 Å². The lowest BCUT2D eigenvalue weighted by atomic mass is 9.83. The van der Waals surface area contributed by atoms with Crippen LogP contribution < -0.4 is 0 Å². The highest BCUT2D eigenvalue weighted by atomic mass is 16.3. The molecule has 0 spiro atoms. The van der Waals surface area contributed by atoms with Crippen LogP contribution in [0.1, 0.15) is 108 Å². The van der Waals surface area contributed by atoms with Crippen molar-refractivity contribution in [3.8, 4) is 11.1 Å². The second-order valence-electron chi connectivity index (χ2n) is 8.91. The van der Waals surface area contributed by atoms with Crippen LogP contribution in [0, 0.1) is 0 Å². The molecular weight excluding hydrogens is 380 g/mol. The van der Waals surface area contributed by atoms with Crippen molar-refractivity contribution in [3.05, 3.63) is 60.2 Å². The summed E-state index contributed by atoms with van der Waals surface area (Å²) in [5.41, 5.74) is 1.27. The zero-order chi connectivity index (χ0) is 22.4. The maximum absolute atomic E-state index is 13.4. The third-order valence-corrected chi connectivity index (χ3v) is 6.46. The van der Waals surface area contributed by atoms with E-state index in [0.717, 1.165) is 24.0 Å². The van der Waals surface area contributed by atoms with Gasteiger partial charge < -0.3 is 5.11 Å². The van der Waals surface area contributed by atoms with E-state index in [1.54, 1.807) is 0 Å². The summed E-state index contributed by atoms with van der Waals surface area (Å²) in [6, 6.07) is 17.6. The topological polar surface area (TPSA) is 37.3 Å². The van der Waals surface area contributed by atoms with Gasteiger partial charge in [0, 0.05) is 5.56 Å². The molecule has 2 nitrogen and oxygen atoms in total. The van der Waals surface area contributed by atoms with E-state index in [9.17, 15) is 9.90 Å². The molecule has 0 amide bonds. The zero-order valence-corrected chi connectivity index (χ0v) is 19.7. The molecule has 0 aromatic heterocycles. The minimum atomic E-state index is -1.27. The van der Waals surface area contributed by atoms with Crippen molar-refractivity contribution in [2.45, 2.75) is 103 Å². The number of hydrogen-bond donors (Lipinski definition) is 1. The number of aliphatic hydroxyl groups is 1. The molecule has 2 rings (SSSR count). The monoisotopic (exact) mass is 422 g/mol. The fraction of sp³-hybridized carbons (Fsp3) is 0.552. The number of hydrogen-bond acceptors (Lipinski definition) is 2. The third kappa shape index (κ3) is 8.26. The number of unbranched alkanes of at least 4 members (excludes halogenated alkanes) is 10. The molecule has 2 aromatic carbocycles. The van der Waals surface area contributed by atoms with Gasteiger partial charge in [-0.05, 0) is 24.0 Å². The SMILES string of the molecule is CCCCCCCCCCCCCC(O)(CC)C(=O)c1ccccc1-c1ccccc1. The summed E-state index contributed by atoms with van der Waals surface area (Å²) >= 11 is 0. The van der Waals surface area contributed by atoms with Crippen LogP contribution in [0.15, 0.2) is 54.6 Å². The number of ketones is 1. The number of carbonyl (C=O) groups excluding carboxylic acids is 1. The summed E-state index contributed by atoms with van der Waals surface area (Å²) in [6.07, 6.45) is 14.9. The molecule has 1 N–H and O–H groups in total. The second kappa shape index (κ2) is 14.2. The molecule has 2 aromatic rings. The van der Waals surface area contributed by atoms with Gasteiger partial charge in [-0.1, -0.05) is 139 Å². The van der Waals surface area contributed by atoms with E-state index >= 15 is 0 Å². The number of rotatable bonds is 16. The van der Waals surface area contributed by atoms with Gasteiger partial charge in [0.25, 0.3) is 0 Å². The molecule has 1 unspecified atom stereocenters. The first-order valence-corrected chi connectivity index (χ1v) is 12.5. The summed E-state index contributed by atoms with van der Waals surface area (Å²) in [4.78, 5) is 13.4. The van der Waals surface area contributed by atoms with Gasteiger partial charge in [-0.15, -0.1) is 0 Å². The molecule has 0 aliphatic heterocycles. The van der Waals surface area contributed by atoms with Gasteiger partial charge in [-0.2, -0.15) is 0 Å². The lowest BCUT2D eigenvalue weighted by Gasteiger charge is -2.26. The standard InChI is InChI=1S/C29H42O2/c1-3-5-6-7-8-9-10-11-12-13-19-24-29(31,4-2)28(30)27-23-18-17-22-26(27)25-20-15-14-16-21-25/h14-18,20-23,31H,3-13,19,24H2,1-2H3. The fourth-order valence-electron chi connectivity index (χ4n) is 4.33. The second-order valence-corrected chi connectivity index (χ2v) is 8.91. The molecule has 31 heavy (non-hydrogen) atoms. The Morgan fingerprint density at radius 3 is 1.81 bits per heavy atom. The highest BCUT2D eigenvalue weighted by Crippen LogP contribution is 2.30. The zero-order valence-electron chi connectivity index (χ0n) is 19.7. The summed E-state index contributed by atoms with van der Waals surface area (Å²) in [7, 11) is 0. The third-order valence-electron chi connectivity index (χ3n) is 6.46. The van der Waals surface area contributed by atoms with E-state index in [2.05, 4.69) is 6.92 Å². The van der Waals surface area contributed by atoms with E-state index in [1.807, 2.05) is 61.5 Å². The van der Waals surface area contributed by atoms with Crippen LogP contribution in [0.25, 0.3) is 11.1 Å². The van der Waals surface area contributed by atoms with Gasteiger partial charge in [0.05, 0.1) is 0 Å². The Balaban J connectivity index is 1.82. The first-order chi connectivity index (χ1) is 15.1. The average Bonchev–Trinajstić information content (AvgIpc) is 2.82. The lowest BCUT2D eigenvalue weighted by Crippen LogP contribution is -2.38. The predicted octanol–water partition coefficient (Wildman–Crippen LogP) is 8.38. The van der Waals surface area contributed by atoms with Gasteiger partial charge in [0.1, 0.15) is 5.60 Å². The Labute approximate surface area is 190 Å². The van der Waals surface area contributed by atoms with Crippen molar-refractivity contribution in [3.63, 3.8) is 0 Å². The van der Waals surface area contributed by atoms with Crippen molar-refractivity contribution in [2.75, 3.05) is 0 Å². The highest BCUT2D eigenvalue weighted by molar-refractivity contribution is 6.07. The Hall–Kier alpha value is -1.93. The molecule has 1 atom stereocenters. The van der Waals surface area contributed by atoms with Crippen LogP contribution in [0.2, 0.25) is 0 Å². The minimum Gasteiger partial charge on any atom is -0.382 e. The van der Waals surface area contributed by atoms with Crippen LogP contribution >= 0.6 is 0 Å². The maximum Gasteiger partial charge on any atom is 0.194 e. The van der Waals surface area contributed by atoms with Gasteiger partial charge in [-0.3, -0.25) is 4.79 Å². The number of benzene rings is 2. The molecule has 0 aliphatic carbocycles. The fourth-order valence-corrected chi connectivity index (χ4v) is 4.33. The molecular formula is C29H42O2. The molecule has 0 bridgehead atoms. The van der Waals surface area contributed by atoms with Crippen molar-refractivity contribution in [1.29, 1.82) is 0 Å². The van der Waals surface area contributed by atoms with Gasteiger partial charge in [0.15, 0.2) is 5.78 Å². The van der Waals surface area contributed by atoms with Gasteiger partial charge in [0.2, 0.25) is 0 Å². The van der Waals surface area contributed by atoms with E-state index in [4.69, 9.17) is 0 Å². The van der Waals surface area contributed by atoms with E-state index in [1.165, 1.54) is 57.8 Å². The quantitative estimate of drug-likeness (QED) is 0.218. The molecule has 0 heterocycles. The predicted molar refractivity (Wildman–Crippen MR) is 133 cm³/mol.